The van der Waals surface area contributed by atoms with E-state index in [1.807, 2.05) is 19.9 Å². The van der Waals surface area contributed by atoms with Gasteiger partial charge in [-0.25, -0.2) is 4.79 Å². The minimum absolute atomic E-state index is 0.0407. The van der Waals surface area contributed by atoms with Crippen LogP contribution in [0.25, 0.3) is 0 Å². The van der Waals surface area contributed by atoms with Crippen molar-refractivity contribution in [3.63, 3.8) is 0 Å². The third-order valence-electron chi connectivity index (χ3n) is 2.74. The number of allylic oxidation sites excluding steroid dienone is 1. The number of ether oxygens (including phenoxy) is 1. The van der Waals surface area contributed by atoms with E-state index < -0.39 is 0 Å². The number of thiophene rings is 1. The normalized spacial score (nSPS) is 10.8. The Hall–Kier alpha value is -1.62. The zero-order valence-electron chi connectivity index (χ0n) is 12.4. The van der Waals surface area contributed by atoms with Gasteiger partial charge in [0.1, 0.15) is 9.88 Å². The van der Waals surface area contributed by atoms with Gasteiger partial charge in [-0.2, -0.15) is 0 Å². The minimum Gasteiger partial charge on any atom is -0.462 e. The van der Waals surface area contributed by atoms with Crippen molar-refractivity contribution < 1.29 is 14.3 Å². The Morgan fingerprint density at radius 3 is 2.50 bits per heavy atom. The molecule has 0 aliphatic carbocycles. The summed E-state index contributed by atoms with van der Waals surface area (Å²) in [6, 6.07) is 0. The van der Waals surface area contributed by atoms with Gasteiger partial charge in [0.2, 0.25) is 0 Å². The predicted molar refractivity (Wildman–Crippen MR) is 82.7 cm³/mol. The van der Waals surface area contributed by atoms with E-state index in [0.717, 1.165) is 12.0 Å². The first kappa shape index (κ1) is 16.4. The minimum atomic E-state index is -0.357. The first-order valence-electron chi connectivity index (χ1n) is 6.81. The monoisotopic (exact) mass is 295 g/mol. The molecule has 0 aliphatic rings. The van der Waals surface area contributed by atoms with Crippen LogP contribution >= 0.6 is 11.3 Å². The molecule has 0 amide bonds. The highest BCUT2D eigenvalue weighted by atomic mass is 32.1. The molecule has 0 unspecified atom stereocenters. The molecule has 20 heavy (non-hydrogen) atoms. The molecule has 1 aromatic heterocycles. The quantitative estimate of drug-likeness (QED) is 0.609. The maximum atomic E-state index is 12.0. The van der Waals surface area contributed by atoms with E-state index in [-0.39, 0.29) is 11.8 Å². The van der Waals surface area contributed by atoms with Crippen molar-refractivity contribution in [2.75, 3.05) is 11.9 Å². The number of hydrogen-bond acceptors (Lipinski definition) is 5. The second kappa shape index (κ2) is 7.85. The number of hydrogen-bond donors (Lipinski definition) is 1. The summed E-state index contributed by atoms with van der Waals surface area (Å²) < 4.78 is 5.06. The second-order valence-corrected chi connectivity index (χ2v) is 5.22. The van der Waals surface area contributed by atoms with Crippen molar-refractivity contribution in [2.24, 2.45) is 0 Å². The molecule has 0 saturated carbocycles. The summed E-state index contributed by atoms with van der Waals surface area (Å²) >= 11 is 1.28. The van der Waals surface area contributed by atoms with Gasteiger partial charge in [0.15, 0.2) is 5.78 Å². The lowest BCUT2D eigenvalue weighted by Gasteiger charge is -2.03. The molecule has 1 rings (SSSR count). The molecule has 0 fully saturated rings. The molecule has 0 atom stereocenters. The lowest BCUT2D eigenvalue weighted by molar-refractivity contribution is 0.0531. The average Bonchev–Trinajstić information content (AvgIpc) is 2.78. The van der Waals surface area contributed by atoms with Gasteiger partial charge < -0.3 is 10.1 Å². The second-order valence-electron chi connectivity index (χ2n) is 4.20. The van der Waals surface area contributed by atoms with Gasteiger partial charge in [0, 0.05) is 0 Å². The largest absolute Gasteiger partial charge is 0.462 e. The molecular weight excluding hydrogens is 274 g/mol. The van der Waals surface area contributed by atoms with Crippen molar-refractivity contribution in [2.45, 2.75) is 40.5 Å². The Morgan fingerprint density at radius 2 is 2.00 bits per heavy atom. The standard InChI is InChI=1S/C15H21NO3S/c1-5-8-9-16-14-12(10(4)17)11(6-2)13(20-14)15(18)19-7-3/h8-9,16H,5-7H2,1-4H3/b9-8+. The Balaban J connectivity index is 3.25. The van der Waals surface area contributed by atoms with Crippen LogP contribution in [0.2, 0.25) is 0 Å². The fourth-order valence-corrected chi connectivity index (χ4v) is 3.10. The molecule has 4 nitrogen and oxygen atoms in total. The van der Waals surface area contributed by atoms with Crippen LogP contribution in [-0.4, -0.2) is 18.4 Å². The summed E-state index contributed by atoms with van der Waals surface area (Å²) in [7, 11) is 0. The smallest absolute Gasteiger partial charge is 0.348 e. The molecule has 1 N–H and O–H groups in total. The summed E-state index contributed by atoms with van der Waals surface area (Å²) in [5.41, 5.74) is 1.37. The van der Waals surface area contributed by atoms with Gasteiger partial charge in [-0.3, -0.25) is 4.79 Å². The topological polar surface area (TPSA) is 55.4 Å². The van der Waals surface area contributed by atoms with Crippen LogP contribution in [0.4, 0.5) is 5.00 Å². The first-order valence-corrected chi connectivity index (χ1v) is 7.63. The molecule has 0 aliphatic heterocycles. The Labute approximate surface area is 123 Å². The molecule has 5 heteroatoms. The van der Waals surface area contributed by atoms with Gasteiger partial charge in [0.25, 0.3) is 0 Å². The lowest BCUT2D eigenvalue weighted by Crippen LogP contribution is -2.07. The molecule has 0 bridgehead atoms. The van der Waals surface area contributed by atoms with Gasteiger partial charge in [0.05, 0.1) is 12.2 Å². The zero-order chi connectivity index (χ0) is 15.1. The molecule has 1 aromatic rings. The molecule has 110 valence electrons. The van der Waals surface area contributed by atoms with Crippen molar-refractivity contribution in [1.29, 1.82) is 0 Å². The van der Waals surface area contributed by atoms with Gasteiger partial charge in [-0.15, -0.1) is 11.3 Å². The predicted octanol–water partition coefficient (Wildman–Crippen LogP) is 4.03. The van der Waals surface area contributed by atoms with Crippen LogP contribution < -0.4 is 5.32 Å². The van der Waals surface area contributed by atoms with Crippen LogP contribution in [0, 0.1) is 0 Å². The van der Waals surface area contributed by atoms with Gasteiger partial charge in [-0.05, 0) is 38.5 Å². The number of esters is 1. The van der Waals surface area contributed by atoms with E-state index in [9.17, 15) is 9.59 Å². The number of nitrogens with one attached hydrogen (secondary N) is 1. The Kier molecular flexibility index (Phi) is 6.45. The fourth-order valence-electron chi connectivity index (χ4n) is 1.89. The van der Waals surface area contributed by atoms with Crippen LogP contribution in [0.3, 0.4) is 0 Å². The molecule has 0 spiro atoms. The van der Waals surface area contributed by atoms with Crippen LogP contribution in [0.1, 0.15) is 59.7 Å². The number of carbonyl (C=O) groups excluding carboxylic acids is 2. The Morgan fingerprint density at radius 1 is 1.30 bits per heavy atom. The third kappa shape index (κ3) is 3.70. The van der Waals surface area contributed by atoms with E-state index in [1.54, 1.807) is 13.1 Å². The number of rotatable bonds is 7. The molecule has 0 saturated heterocycles. The molecule has 0 aromatic carbocycles. The summed E-state index contributed by atoms with van der Waals surface area (Å²) in [6.07, 6.45) is 5.28. The van der Waals surface area contributed by atoms with E-state index in [0.29, 0.717) is 28.5 Å². The van der Waals surface area contributed by atoms with Crippen molar-refractivity contribution in [3.8, 4) is 0 Å². The maximum Gasteiger partial charge on any atom is 0.348 e. The van der Waals surface area contributed by atoms with Crippen molar-refractivity contribution in [1.82, 2.24) is 0 Å². The van der Waals surface area contributed by atoms with Crippen LogP contribution in [0.15, 0.2) is 12.3 Å². The first-order chi connectivity index (χ1) is 9.56. The number of carbonyl (C=O) groups is 2. The fraction of sp³-hybridized carbons (Fsp3) is 0.467. The maximum absolute atomic E-state index is 12.0. The number of Topliss-reactive ketones (excluding diaryl/α,β-unsaturated/α-hetero) is 1. The van der Waals surface area contributed by atoms with Crippen LogP contribution in [-0.2, 0) is 11.2 Å². The SMILES string of the molecule is CC/C=C/Nc1sc(C(=O)OCC)c(CC)c1C(C)=O. The number of ketones is 1. The van der Waals surface area contributed by atoms with E-state index in [2.05, 4.69) is 5.32 Å². The van der Waals surface area contributed by atoms with Gasteiger partial charge in [-0.1, -0.05) is 19.9 Å². The summed E-state index contributed by atoms with van der Waals surface area (Å²) in [5.74, 6) is -0.398. The van der Waals surface area contributed by atoms with Crippen molar-refractivity contribution >= 4 is 28.1 Å². The highest BCUT2D eigenvalue weighted by molar-refractivity contribution is 7.18. The molecule has 0 radical (unpaired) electrons. The molecule has 1 heterocycles. The van der Waals surface area contributed by atoms with Crippen LogP contribution in [0.5, 0.6) is 0 Å². The van der Waals surface area contributed by atoms with Gasteiger partial charge >= 0.3 is 5.97 Å². The van der Waals surface area contributed by atoms with E-state index in [1.165, 1.54) is 18.3 Å². The average molecular weight is 295 g/mol. The Bertz CT molecular complexity index is 517. The molecular formula is C15H21NO3S. The zero-order valence-corrected chi connectivity index (χ0v) is 13.2. The summed E-state index contributed by atoms with van der Waals surface area (Å²) in [5, 5.41) is 3.81. The highest BCUT2D eigenvalue weighted by Gasteiger charge is 2.24. The van der Waals surface area contributed by atoms with Crippen molar-refractivity contribution in [3.05, 3.63) is 28.3 Å². The van der Waals surface area contributed by atoms with E-state index in [4.69, 9.17) is 4.74 Å². The third-order valence-corrected chi connectivity index (χ3v) is 3.88. The lowest BCUT2D eigenvalue weighted by atomic mass is 10.0. The number of anilines is 1. The summed E-state index contributed by atoms with van der Waals surface area (Å²) in [4.78, 5) is 24.4. The summed E-state index contributed by atoms with van der Waals surface area (Å²) in [6.45, 7) is 7.58. The highest BCUT2D eigenvalue weighted by Crippen LogP contribution is 2.35. The van der Waals surface area contributed by atoms with E-state index >= 15 is 0 Å².